The summed E-state index contributed by atoms with van der Waals surface area (Å²) >= 11 is 0. The minimum absolute atomic E-state index is 0.698. The van der Waals surface area contributed by atoms with Gasteiger partial charge in [-0.1, -0.05) is 127 Å². The van der Waals surface area contributed by atoms with Gasteiger partial charge in [0, 0.05) is 38.2 Å². The zero-order valence-corrected chi connectivity index (χ0v) is 23.8. The molecular formula is C41H25N3. The summed E-state index contributed by atoms with van der Waals surface area (Å²) in [6.07, 6.45) is 0. The third-order valence-corrected chi connectivity index (χ3v) is 8.61. The summed E-state index contributed by atoms with van der Waals surface area (Å²) in [4.78, 5) is 15.5. The molecule has 0 saturated heterocycles. The van der Waals surface area contributed by atoms with Crippen molar-refractivity contribution < 1.29 is 0 Å². The van der Waals surface area contributed by atoms with Crippen LogP contribution in [0.5, 0.6) is 0 Å². The van der Waals surface area contributed by atoms with E-state index in [9.17, 15) is 0 Å². The van der Waals surface area contributed by atoms with Crippen molar-refractivity contribution in [3.63, 3.8) is 0 Å². The van der Waals surface area contributed by atoms with Gasteiger partial charge < -0.3 is 0 Å². The van der Waals surface area contributed by atoms with Gasteiger partial charge >= 0.3 is 0 Å². The van der Waals surface area contributed by atoms with Crippen molar-refractivity contribution in [1.29, 1.82) is 0 Å². The average Bonchev–Trinajstić information content (AvgIpc) is 3.10. The van der Waals surface area contributed by atoms with Gasteiger partial charge in [-0.15, -0.1) is 0 Å². The quantitative estimate of drug-likeness (QED) is 0.202. The van der Waals surface area contributed by atoms with Crippen molar-refractivity contribution in [2.45, 2.75) is 0 Å². The fraction of sp³-hybridized carbons (Fsp3) is 0. The Bertz CT molecular complexity index is 2550. The van der Waals surface area contributed by atoms with Gasteiger partial charge in [0.05, 0.1) is 22.4 Å². The lowest BCUT2D eigenvalue weighted by Crippen LogP contribution is -1.96. The van der Waals surface area contributed by atoms with Crippen molar-refractivity contribution >= 4 is 54.1 Å². The highest BCUT2D eigenvalue weighted by Crippen LogP contribution is 2.38. The highest BCUT2D eigenvalue weighted by atomic mass is 14.9. The number of pyridine rings is 1. The Labute approximate surface area is 254 Å². The molecule has 0 fully saturated rings. The van der Waals surface area contributed by atoms with Crippen molar-refractivity contribution in [3.8, 4) is 33.9 Å². The molecule has 0 spiro atoms. The number of benzene rings is 7. The Kier molecular flexibility index (Phi) is 5.50. The number of aromatic nitrogens is 3. The standard InChI is InChI=1S/C41H25N3/c1-2-12-28-24-30(21-20-26(28)10-1)39-34-17-6-8-19-37(34)43-41(44-39)31-14-9-13-29(25-31)40-35-23-22-27-11-3-4-15-32(27)38(35)33-16-5-7-18-36(33)42-40/h1-25H. The molecule has 0 unspecified atom stereocenters. The van der Waals surface area contributed by atoms with Crippen LogP contribution in [0.25, 0.3) is 88.0 Å². The Morgan fingerprint density at radius 3 is 1.80 bits per heavy atom. The lowest BCUT2D eigenvalue weighted by Gasteiger charge is -2.14. The summed E-state index contributed by atoms with van der Waals surface area (Å²) < 4.78 is 0. The fourth-order valence-corrected chi connectivity index (χ4v) is 6.51. The monoisotopic (exact) mass is 559 g/mol. The zero-order valence-electron chi connectivity index (χ0n) is 23.8. The molecule has 2 aromatic heterocycles. The van der Waals surface area contributed by atoms with E-state index in [1.165, 1.54) is 26.9 Å². The summed E-state index contributed by atoms with van der Waals surface area (Å²) in [5.41, 5.74) is 6.87. The molecule has 3 nitrogen and oxygen atoms in total. The second kappa shape index (κ2) is 9.82. The third kappa shape index (κ3) is 3.94. The molecule has 0 saturated carbocycles. The molecular weight excluding hydrogens is 534 g/mol. The van der Waals surface area contributed by atoms with Gasteiger partial charge in [0.1, 0.15) is 0 Å². The van der Waals surface area contributed by atoms with Crippen molar-refractivity contribution in [3.05, 3.63) is 152 Å². The molecule has 7 aromatic carbocycles. The third-order valence-electron chi connectivity index (χ3n) is 8.61. The topological polar surface area (TPSA) is 38.7 Å². The van der Waals surface area contributed by atoms with Gasteiger partial charge in [0.2, 0.25) is 0 Å². The predicted octanol–water partition coefficient (Wildman–Crippen LogP) is 10.6. The zero-order chi connectivity index (χ0) is 29.0. The van der Waals surface area contributed by atoms with E-state index in [4.69, 9.17) is 15.0 Å². The molecule has 3 heteroatoms. The molecule has 0 radical (unpaired) electrons. The highest BCUT2D eigenvalue weighted by molar-refractivity contribution is 6.22. The van der Waals surface area contributed by atoms with E-state index in [1.807, 2.05) is 6.07 Å². The largest absolute Gasteiger partial charge is 0.247 e. The molecule has 0 amide bonds. The van der Waals surface area contributed by atoms with Gasteiger partial charge in [-0.3, -0.25) is 0 Å². The minimum atomic E-state index is 0.698. The van der Waals surface area contributed by atoms with E-state index in [-0.39, 0.29) is 0 Å². The van der Waals surface area contributed by atoms with E-state index in [2.05, 4.69) is 146 Å². The maximum atomic E-state index is 5.22. The molecule has 9 aromatic rings. The normalized spacial score (nSPS) is 11.6. The van der Waals surface area contributed by atoms with Crippen LogP contribution in [0.2, 0.25) is 0 Å². The highest BCUT2D eigenvalue weighted by Gasteiger charge is 2.16. The van der Waals surface area contributed by atoms with Crippen LogP contribution in [0, 0.1) is 0 Å². The second-order valence-corrected chi connectivity index (χ2v) is 11.2. The Morgan fingerprint density at radius 1 is 0.318 bits per heavy atom. The van der Waals surface area contributed by atoms with Crippen LogP contribution in [-0.2, 0) is 0 Å². The van der Waals surface area contributed by atoms with Crippen LogP contribution in [0.15, 0.2) is 152 Å². The van der Waals surface area contributed by atoms with Gasteiger partial charge in [-0.2, -0.15) is 0 Å². The van der Waals surface area contributed by atoms with Crippen LogP contribution >= 0.6 is 0 Å². The molecule has 2 heterocycles. The first-order valence-corrected chi connectivity index (χ1v) is 14.9. The molecule has 0 aliphatic heterocycles. The first kappa shape index (κ1) is 24.6. The number of nitrogens with zero attached hydrogens (tertiary/aromatic N) is 3. The van der Waals surface area contributed by atoms with E-state index in [0.29, 0.717) is 5.82 Å². The first-order chi connectivity index (χ1) is 21.8. The summed E-state index contributed by atoms with van der Waals surface area (Å²) in [7, 11) is 0. The van der Waals surface area contributed by atoms with Crippen molar-refractivity contribution in [2.75, 3.05) is 0 Å². The van der Waals surface area contributed by atoms with Crippen LogP contribution < -0.4 is 0 Å². The number of rotatable bonds is 3. The van der Waals surface area contributed by atoms with Crippen LogP contribution in [-0.4, -0.2) is 15.0 Å². The van der Waals surface area contributed by atoms with E-state index >= 15 is 0 Å². The fourth-order valence-electron chi connectivity index (χ4n) is 6.51. The summed E-state index contributed by atoms with van der Waals surface area (Å²) in [6.45, 7) is 0. The summed E-state index contributed by atoms with van der Waals surface area (Å²) in [5.74, 6) is 0.698. The van der Waals surface area contributed by atoms with Crippen molar-refractivity contribution in [1.82, 2.24) is 15.0 Å². The second-order valence-electron chi connectivity index (χ2n) is 11.2. The number of para-hydroxylation sites is 2. The molecule has 0 aliphatic carbocycles. The average molecular weight is 560 g/mol. The van der Waals surface area contributed by atoms with Crippen LogP contribution in [0.3, 0.4) is 0 Å². The SMILES string of the molecule is c1cc(-c2nc(-c3ccc4ccccc4c3)c3ccccc3n2)cc(-c2nc3ccccc3c3c2ccc2ccccc23)c1. The smallest absolute Gasteiger partial charge is 0.160 e. The Balaban J connectivity index is 1.26. The summed E-state index contributed by atoms with van der Waals surface area (Å²) in [5, 5.41) is 9.43. The molecule has 0 bridgehead atoms. The van der Waals surface area contributed by atoms with Gasteiger partial charge in [-0.25, -0.2) is 15.0 Å². The number of hydrogen-bond acceptors (Lipinski definition) is 3. The van der Waals surface area contributed by atoms with Crippen LogP contribution in [0.4, 0.5) is 0 Å². The summed E-state index contributed by atoms with van der Waals surface area (Å²) in [6, 6.07) is 53.2. The maximum absolute atomic E-state index is 5.22. The van der Waals surface area contributed by atoms with Crippen LogP contribution in [0.1, 0.15) is 0 Å². The molecule has 204 valence electrons. The maximum Gasteiger partial charge on any atom is 0.160 e. The van der Waals surface area contributed by atoms with E-state index in [0.717, 1.165) is 55.3 Å². The van der Waals surface area contributed by atoms with E-state index < -0.39 is 0 Å². The lowest BCUT2D eigenvalue weighted by atomic mass is 9.94. The van der Waals surface area contributed by atoms with Crippen molar-refractivity contribution in [2.24, 2.45) is 0 Å². The first-order valence-electron chi connectivity index (χ1n) is 14.9. The number of fused-ring (bicyclic) bond motifs is 7. The Hall–Kier alpha value is -5.93. The molecule has 0 N–H and O–H groups in total. The number of hydrogen-bond donors (Lipinski definition) is 0. The van der Waals surface area contributed by atoms with Gasteiger partial charge in [-0.05, 0) is 45.8 Å². The van der Waals surface area contributed by atoms with Gasteiger partial charge in [0.15, 0.2) is 5.82 Å². The molecule has 9 rings (SSSR count). The van der Waals surface area contributed by atoms with E-state index in [1.54, 1.807) is 0 Å². The minimum Gasteiger partial charge on any atom is -0.247 e. The molecule has 0 atom stereocenters. The molecule has 44 heavy (non-hydrogen) atoms. The predicted molar refractivity (Wildman–Crippen MR) is 184 cm³/mol. The van der Waals surface area contributed by atoms with Gasteiger partial charge in [0.25, 0.3) is 0 Å². The Morgan fingerprint density at radius 2 is 0.932 bits per heavy atom. The molecule has 0 aliphatic rings. The lowest BCUT2D eigenvalue weighted by molar-refractivity contribution is 1.23.